The maximum Gasteiger partial charge on any atom is 0.234 e. The van der Waals surface area contributed by atoms with Gasteiger partial charge in [-0.3, -0.25) is 4.79 Å². The number of oxime groups is 1. The number of rotatable bonds is 4. The molecule has 0 aromatic heterocycles. The Labute approximate surface area is 108 Å². The summed E-state index contributed by atoms with van der Waals surface area (Å²) in [6, 6.07) is 3.38. The molecule has 1 fully saturated rings. The van der Waals surface area contributed by atoms with Gasteiger partial charge in [0.15, 0.2) is 17.5 Å². The summed E-state index contributed by atoms with van der Waals surface area (Å²) in [4.78, 5) is 11.9. The molecule has 1 aliphatic rings. The van der Waals surface area contributed by atoms with Crippen molar-refractivity contribution in [2.45, 2.75) is 19.4 Å². The molecule has 19 heavy (non-hydrogen) atoms. The maximum atomic E-state index is 13.0. The first-order valence-electron chi connectivity index (χ1n) is 5.70. The van der Waals surface area contributed by atoms with E-state index in [1.807, 2.05) is 0 Å². The van der Waals surface area contributed by atoms with Gasteiger partial charge >= 0.3 is 0 Å². The van der Waals surface area contributed by atoms with E-state index in [9.17, 15) is 13.6 Å². The van der Waals surface area contributed by atoms with Crippen LogP contribution in [0, 0.1) is 17.0 Å². The number of nitrogens with two attached hydrogens (primary N) is 1. The highest BCUT2D eigenvalue weighted by Gasteiger charge is 2.54. The van der Waals surface area contributed by atoms with Gasteiger partial charge in [0.05, 0.1) is 0 Å². The number of hydrogen-bond acceptors (Lipinski definition) is 3. The Morgan fingerprint density at radius 1 is 1.42 bits per heavy atom. The van der Waals surface area contributed by atoms with Crippen molar-refractivity contribution in [2.75, 3.05) is 0 Å². The van der Waals surface area contributed by atoms with E-state index >= 15 is 0 Å². The molecule has 0 aliphatic heterocycles. The lowest BCUT2D eigenvalue weighted by atomic mass is 10.1. The van der Waals surface area contributed by atoms with Gasteiger partial charge in [-0.2, -0.15) is 0 Å². The number of amides is 1. The molecule has 1 aliphatic carbocycles. The highest BCUT2D eigenvalue weighted by molar-refractivity contribution is 6.09. The second kappa shape index (κ2) is 4.83. The third-order valence-electron chi connectivity index (χ3n) is 3.22. The van der Waals surface area contributed by atoms with Crippen molar-refractivity contribution in [1.82, 2.24) is 5.32 Å². The number of amidine groups is 1. The fraction of sp³-hybridized carbons (Fsp3) is 0.333. The summed E-state index contributed by atoms with van der Waals surface area (Å²) in [5.41, 5.74) is 4.94. The van der Waals surface area contributed by atoms with E-state index in [4.69, 9.17) is 10.9 Å². The van der Waals surface area contributed by atoms with Crippen LogP contribution in [0.3, 0.4) is 0 Å². The molecule has 1 saturated carbocycles. The van der Waals surface area contributed by atoms with Crippen LogP contribution in [0.15, 0.2) is 23.4 Å². The zero-order valence-corrected chi connectivity index (χ0v) is 9.99. The second-order valence-corrected chi connectivity index (χ2v) is 4.50. The molecule has 0 unspecified atom stereocenters. The van der Waals surface area contributed by atoms with Gasteiger partial charge in [-0.1, -0.05) is 11.2 Å². The molecule has 1 aromatic carbocycles. The van der Waals surface area contributed by atoms with Crippen LogP contribution < -0.4 is 11.1 Å². The van der Waals surface area contributed by atoms with E-state index in [2.05, 4.69) is 10.5 Å². The largest absolute Gasteiger partial charge is 0.409 e. The third kappa shape index (κ3) is 2.49. The topological polar surface area (TPSA) is 87.7 Å². The van der Waals surface area contributed by atoms with E-state index in [1.165, 1.54) is 6.07 Å². The van der Waals surface area contributed by atoms with E-state index in [1.54, 1.807) is 0 Å². The van der Waals surface area contributed by atoms with Crippen LogP contribution in [0.2, 0.25) is 0 Å². The van der Waals surface area contributed by atoms with Gasteiger partial charge in [-0.15, -0.1) is 0 Å². The van der Waals surface area contributed by atoms with Crippen molar-refractivity contribution in [2.24, 2.45) is 16.3 Å². The van der Waals surface area contributed by atoms with Crippen LogP contribution in [0.5, 0.6) is 0 Å². The fourth-order valence-corrected chi connectivity index (χ4v) is 1.82. The Bertz CT molecular complexity index is 542. The van der Waals surface area contributed by atoms with Crippen LogP contribution in [-0.4, -0.2) is 17.0 Å². The first-order valence-corrected chi connectivity index (χ1v) is 5.70. The average Bonchev–Trinajstić information content (AvgIpc) is 3.20. The monoisotopic (exact) mass is 269 g/mol. The smallest absolute Gasteiger partial charge is 0.234 e. The predicted molar refractivity (Wildman–Crippen MR) is 63.3 cm³/mol. The van der Waals surface area contributed by atoms with E-state index in [0.717, 1.165) is 12.1 Å². The second-order valence-electron chi connectivity index (χ2n) is 4.50. The lowest BCUT2D eigenvalue weighted by Crippen LogP contribution is -2.40. The van der Waals surface area contributed by atoms with Crippen LogP contribution in [0.25, 0.3) is 0 Å². The standard InChI is InChI=1S/C12H13F2N3O2/c13-8-2-1-7(5-9(8)14)6-16-11(18)12(3-4-12)10(15)17-19/h1-2,5,19H,3-4,6H2,(H2,15,17)(H,16,18). The third-order valence-corrected chi connectivity index (χ3v) is 3.22. The molecular weight excluding hydrogens is 256 g/mol. The van der Waals surface area contributed by atoms with E-state index in [0.29, 0.717) is 18.4 Å². The van der Waals surface area contributed by atoms with Gasteiger partial charge in [0, 0.05) is 6.54 Å². The normalized spacial score (nSPS) is 17.1. The molecule has 0 bridgehead atoms. The van der Waals surface area contributed by atoms with Gasteiger partial charge in [-0.05, 0) is 30.5 Å². The van der Waals surface area contributed by atoms with Crippen LogP contribution >= 0.6 is 0 Å². The zero-order valence-electron chi connectivity index (χ0n) is 9.99. The van der Waals surface area contributed by atoms with Crippen molar-refractivity contribution in [3.63, 3.8) is 0 Å². The number of nitrogens with one attached hydrogen (secondary N) is 1. The van der Waals surface area contributed by atoms with Crippen molar-refractivity contribution in [3.05, 3.63) is 35.4 Å². The minimum absolute atomic E-state index is 0.0521. The molecule has 0 spiro atoms. The number of carbonyl (C=O) groups excluding carboxylic acids is 1. The summed E-state index contributed by atoms with van der Waals surface area (Å²) in [7, 11) is 0. The lowest BCUT2D eigenvalue weighted by molar-refractivity contribution is -0.124. The summed E-state index contributed by atoms with van der Waals surface area (Å²) in [5.74, 6) is -2.42. The first-order chi connectivity index (χ1) is 8.99. The van der Waals surface area contributed by atoms with Gasteiger partial charge in [-0.25, -0.2) is 8.78 Å². The van der Waals surface area contributed by atoms with E-state index in [-0.39, 0.29) is 18.3 Å². The SMILES string of the molecule is N/C(=N/O)C1(C(=O)NCc2ccc(F)c(F)c2)CC1. The van der Waals surface area contributed by atoms with E-state index < -0.39 is 17.0 Å². The zero-order chi connectivity index (χ0) is 14.0. The molecule has 0 atom stereocenters. The number of halogens is 2. The fourth-order valence-electron chi connectivity index (χ4n) is 1.82. The van der Waals surface area contributed by atoms with Crippen LogP contribution in [0.1, 0.15) is 18.4 Å². The van der Waals surface area contributed by atoms with Crippen molar-refractivity contribution in [3.8, 4) is 0 Å². The summed E-state index contributed by atoms with van der Waals surface area (Å²) in [6.07, 6.45) is 1.01. The summed E-state index contributed by atoms with van der Waals surface area (Å²) < 4.78 is 25.7. The highest BCUT2D eigenvalue weighted by Crippen LogP contribution is 2.46. The minimum Gasteiger partial charge on any atom is -0.409 e. The lowest BCUT2D eigenvalue weighted by Gasteiger charge is -2.13. The Balaban J connectivity index is 1.99. The summed E-state index contributed by atoms with van der Waals surface area (Å²) in [6.45, 7) is 0.0521. The Morgan fingerprint density at radius 2 is 2.11 bits per heavy atom. The molecule has 0 saturated heterocycles. The van der Waals surface area contributed by atoms with Crippen molar-refractivity contribution >= 4 is 11.7 Å². The number of benzene rings is 1. The van der Waals surface area contributed by atoms with Crippen molar-refractivity contribution in [1.29, 1.82) is 0 Å². The number of carbonyl (C=O) groups is 1. The van der Waals surface area contributed by atoms with Gasteiger partial charge in [0.25, 0.3) is 0 Å². The Hall–Kier alpha value is -2.18. The highest BCUT2D eigenvalue weighted by atomic mass is 19.2. The van der Waals surface area contributed by atoms with Gasteiger partial charge in [0.1, 0.15) is 5.41 Å². The molecule has 4 N–H and O–H groups in total. The molecule has 1 amide bonds. The predicted octanol–water partition coefficient (Wildman–Crippen LogP) is 1.11. The van der Waals surface area contributed by atoms with Gasteiger partial charge < -0.3 is 16.3 Å². The van der Waals surface area contributed by atoms with Gasteiger partial charge in [0.2, 0.25) is 5.91 Å². The maximum absolute atomic E-state index is 13.0. The van der Waals surface area contributed by atoms with Crippen molar-refractivity contribution < 1.29 is 18.8 Å². The molecule has 5 nitrogen and oxygen atoms in total. The minimum atomic E-state index is -0.968. The Morgan fingerprint density at radius 3 is 2.63 bits per heavy atom. The average molecular weight is 269 g/mol. The molecular formula is C12H13F2N3O2. The summed E-state index contributed by atoms with van der Waals surface area (Å²) in [5, 5.41) is 14.0. The molecule has 1 aromatic rings. The molecule has 2 rings (SSSR count). The number of hydrogen-bond donors (Lipinski definition) is 3. The summed E-state index contributed by atoms with van der Waals surface area (Å²) >= 11 is 0. The quantitative estimate of drug-likeness (QED) is 0.331. The van der Waals surface area contributed by atoms with Crippen LogP contribution in [-0.2, 0) is 11.3 Å². The molecule has 7 heteroatoms. The Kier molecular flexibility index (Phi) is 3.37. The number of nitrogens with zero attached hydrogens (tertiary/aromatic N) is 1. The molecule has 0 radical (unpaired) electrons. The first kappa shape index (κ1) is 13.3. The van der Waals surface area contributed by atoms with Crippen LogP contribution in [0.4, 0.5) is 8.78 Å². The molecule has 0 heterocycles. The molecule has 102 valence electrons.